The quantitative estimate of drug-likeness (QED) is 0.382. The van der Waals surface area contributed by atoms with Crippen LogP contribution in [0.2, 0.25) is 5.02 Å². The van der Waals surface area contributed by atoms with Gasteiger partial charge in [-0.1, -0.05) is 11.6 Å². The van der Waals surface area contributed by atoms with Gasteiger partial charge in [0.25, 0.3) is 0 Å². The Kier molecular flexibility index (Phi) is 3.85. The van der Waals surface area contributed by atoms with Crippen molar-refractivity contribution in [1.29, 1.82) is 0 Å². The molecule has 0 fully saturated rings. The van der Waals surface area contributed by atoms with Gasteiger partial charge in [-0.25, -0.2) is 9.97 Å². The minimum absolute atomic E-state index is 0.104. The first-order chi connectivity index (χ1) is 10.6. The molecule has 0 bridgehead atoms. The van der Waals surface area contributed by atoms with E-state index in [0.29, 0.717) is 10.8 Å². The Hall–Kier alpha value is -2.34. The van der Waals surface area contributed by atoms with Crippen LogP contribution in [0.25, 0.3) is 20.7 Å². The third-order valence-corrected chi connectivity index (χ3v) is 4.61. The van der Waals surface area contributed by atoms with Gasteiger partial charge < -0.3 is 5.32 Å². The number of rotatable bonds is 3. The van der Waals surface area contributed by atoms with Crippen molar-refractivity contribution in [3.05, 3.63) is 50.2 Å². The zero-order valence-corrected chi connectivity index (χ0v) is 13.4. The van der Waals surface area contributed by atoms with Crippen molar-refractivity contribution in [3.63, 3.8) is 0 Å². The molecule has 8 heteroatoms. The number of hydrogen-bond acceptors (Lipinski definition) is 5. The number of benzene rings is 1. The molecule has 22 heavy (non-hydrogen) atoms. The number of azide groups is 1. The van der Waals surface area contributed by atoms with Crippen molar-refractivity contribution < 1.29 is 0 Å². The smallest absolute Gasteiger partial charge is 0.219 e. The van der Waals surface area contributed by atoms with Gasteiger partial charge in [0, 0.05) is 20.5 Å². The number of halogens is 1. The van der Waals surface area contributed by atoms with Crippen LogP contribution in [-0.4, -0.2) is 9.97 Å². The van der Waals surface area contributed by atoms with E-state index in [4.69, 9.17) is 17.1 Å². The number of aromatic nitrogens is 2. The molecule has 2 aromatic heterocycles. The Morgan fingerprint density at radius 2 is 1.95 bits per heavy atom. The van der Waals surface area contributed by atoms with Crippen LogP contribution in [0.4, 0.5) is 17.5 Å². The van der Waals surface area contributed by atoms with Crippen molar-refractivity contribution in [3.8, 4) is 0 Å². The fourth-order valence-corrected chi connectivity index (χ4v) is 3.23. The molecular weight excluding hydrogens is 320 g/mol. The van der Waals surface area contributed by atoms with Crippen LogP contribution in [0, 0.1) is 13.8 Å². The SMILES string of the molecule is Cc1sc2nc(N=[N+]=[N-])nc(Nc3ccc(Cl)cc3)c2c1C. The molecule has 0 unspecified atom stereocenters. The second-order valence-electron chi connectivity index (χ2n) is 4.66. The molecule has 110 valence electrons. The van der Waals surface area contributed by atoms with Crippen LogP contribution >= 0.6 is 22.9 Å². The molecule has 0 atom stereocenters. The molecule has 2 heterocycles. The van der Waals surface area contributed by atoms with E-state index in [-0.39, 0.29) is 5.95 Å². The highest BCUT2D eigenvalue weighted by Crippen LogP contribution is 2.35. The molecule has 0 spiro atoms. The highest BCUT2D eigenvalue weighted by atomic mass is 35.5. The second-order valence-corrected chi connectivity index (χ2v) is 6.30. The predicted octanol–water partition coefficient (Wildman–Crippen LogP) is 5.65. The summed E-state index contributed by atoms with van der Waals surface area (Å²) in [4.78, 5) is 13.3. The third kappa shape index (κ3) is 2.69. The van der Waals surface area contributed by atoms with Crippen molar-refractivity contribution in [2.75, 3.05) is 5.32 Å². The van der Waals surface area contributed by atoms with Gasteiger partial charge in [0.2, 0.25) is 5.95 Å². The van der Waals surface area contributed by atoms with Crippen molar-refractivity contribution >= 4 is 50.6 Å². The van der Waals surface area contributed by atoms with Crippen LogP contribution in [0.3, 0.4) is 0 Å². The van der Waals surface area contributed by atoms with E-state index in [0.717, 1.165) is 26.3 Å². The monoisotopic (exact) mass is 330 g/mol. The molecule has 0 aliphatic carbocycles. The van der Waals surface area contributed by atoms with Gasteiger partial charge in [-0.2, -0.15) is 0 Å². The van der Waals surface area contributed by atoms with Gasteiger partial charge >= 0.3 is 0 Å². The minimum atomic E-state index is 0.104. The van der Waals surface area contributed by atoms with Crippen LogP contribution in [0.5, 0.6) is 0 Å². The zero-order chi connectivity index (χ0) is 15.7. The van der Waals surface area contributed by atoms with E-state index in [9.17, 15) is 0 Å². The summed E-state index contributed by atoms with van der Waals surface area (Å²) in [5.74, 6) is 0.726. The summed E-state index contributed by atoms with van der Waals surface area (Å²) < 4.78 is 0. The van der Waals surface area contributed by atoms with Crippen LogP contribution in [-0.2, 0) is 0 Å². The van der Waals surface area contributed by atoms with Crippen LogP contribution in [0.1, 0.15) is 10.4 Å². The molecule has 1 aromatic carbocycles. The van der Waals surface area contributed by atoms with Gasteiger partial charge in [-0.3, -0.25) is 0 Å². The Labute approximate surface area is 135 Å². The molecule has 0 saturated heterocycles. The summed E-state index contributed by atoms with van der Waals surface area (Å²) in [7, 11) is 0. The maximum absolute atomic E-state index is 8.61. The lowest BCUT2D eigenvalue weighted by Crippen LogP contribution is -1.96. The average molecular weight is 331 g/mol. The number of hydrogen-bond donors (Lipinski definition) is 1. The molecule has 0 aliphatic rings. The first-order valence-corrected chi connectivity index (χ1v) is 7.63. The highest BCUT2D eigenvalue weighted by molar-refractivity contribution is 7.18. The fourth-order valence-electron chi connectivity index (χ4n) is 2.08. The van der Waals surface area contributed by atoms with Gasteiger partial charge in [-0.05, 0) is 54.3 Å². The molecule has 0 amide bonds. The van der Waals surface area contributed by atoms with E-state index in [1.165, 1.54) is 0 Å². The molecule has 0 radical (unpaired) electrons. The Bertz CT molecular complexity index is 896. The molecule has 3 rings (SSSR count). The van der Waals surface area contributed by atoms with Gasteiger partial charge in [0.1, 0.15) is 10.6 Å². The number of nitrogens with one attached hydrogen (secondary N) is 1. The normalized spacial score (nSPS) is 10.5. The van der Waals surface area contributed by atoms with Crippen LogP contribution < -0.4 is 5.32 Å². The van der Waals surface area contributed by atoms with E-state index < -0.39 is 0 Å². The molecule has 1 N–H and O–H groups in total. The molecule has 0 saturated carbocycles. The Balaban J connectivity index is 2.16. The number of aryl methyl sites for hydroxylation is 2. The lowest BCUT2D eigenvalue weighted by molar-refractivity contribution is 1.17. The summed E-state index contributed by atoms with van der Waals surface area (Å²) >= 11 is 7.45. The van der Waals surface area contributed by atoms with Crippen molar-refractivity contribution in [2.45, 2.75) is 13.8 Å². The fraction of sp³-hybridized carbons (Fsp3) is 0.143. The number of fused-ring (bicyclic) bond motifs is 1. The third-order valence-electron chi connectivity index (χ3n) is 3.26. The lowest BCUT2D eigenvalue weighted by atomic mass is 10.2. The lowest BCUT2D eigenvalue weighted by Gasteiger charge is -2.08. The second kappa shape index (κ2) is 5.81. The number of anilines is 2. The molecule has 3 aromatic rings. The van der Waals surface area contributed by atoms with E-state index in [1.54, 1.807) is 23.5 Å². The summed E-state index contributed by atoms with van der Waals surface area (Å²) in [5, 5.41) is 8.36. The average Bonchev–Trinajstić information content (AvgIpc) is 2.77. The van der Waals surface area contributed by atoms with Crippen LogP contribution in [0.15, 0.2) is 29.4 Å². The Morgan fingerprint density at radius 1 is 1.23 bits per heavy atom. The number of nitrogens with zero attached hydrogens (tertiary/aromatic N) is 5. The first kappa shape index (κ1) is 14.6. The topological polar surface area (TPSA) is 86.6 Å². The van der Waals surface area contributed by atoms with Crippen molar-refractivity contribution in [2.24, 2.45) is 5.11 Å². The van der Waals surface area contributed by atoms with E-state index >= 15 is 0 Å². The van der Waals surface area contributed by atoms with Gasteiger partial charge in [-0.15, -0.1) is 11.3 Å². The largest absolute Gasteiger partial charge is 0.340 e. The molecule has 6 nitrogen and oxygen atoms in total. The summed E-state index contributed by atoms with van der Waals surface area (Å²) in [6.07, 6.45) is 0. The van der Waals surface area contributed by atoms with E-state index in [1.807, 2.05) is 26.0 Å². The minimum Gasteiger partial charge on any atom is -0.340 e. The van der Waals surface area contributed by atoms with Crippen molar-refractivity contribution in [1.82, 2.24) is 9.97 Å². The zero-order valence-electron chi connectivity index (χ0n) is 11.8. The summed E-state index contributed by atoms with van der Waals surface area (Å²) in [6, 6.07) is 7.31. The maximum Gasteiger partial charge on any atom is 0.219 e. The predicted molar refractivity (Wildman–Crippen MR) is 90.4 cm³/mol. The standard InChI is InChI=1S/C14H11ClN6S/c1-7-8(2)22-13-11(7)12(18-14(19-13)20-21-16)17-10-5-3-9(15)4-6-10/h3-6H,1-2H3,(H,17,18,19). The highest BCUT2D eigenvalue weighted by Gasteiger charge is 2.14. The van der Waals surface area contributed by atoms with Gasteiger partial charge in [0.05, 0.1) is 5.39 Å². The maximum atomic E-state index is 8.61. The molecule has 0 aliphatic heterocycles. The van der Waals surface area contributed by atoms with E-state index in [2.05, 4.69) is 25.3 Å². The van der Waals surface area contributed by atoms with Gasteiger partial charge in [0.15, 0.2) is 0 Å². The number of thiophene rings is 1. The summed E-state index contributed by atoms with van der Waals surface area (Å²) in [6.45, 7) is 4.05. The Morgan fingerprint density at radius 3 is 2.64 bits per heavy atom. The summed E-state index contributed by atoms with van der Waals surface area (Å²) in [5.41, 5.74) is 10.6. The first-order valence-electron chi connectivity index (χ1n) is 6.44. The molecular formula is C14H11ClN6S.